The molecule has 51 heavy (non-hydrogen) atoms. The highest BCUT2D eigenvalue weighted by Gasteiger charge is 2.61. The Morgan fingerprint density at radius 3 is 2.49 bits per heavy atom. The average Bonchev–Trinajstić information content (AvgIpc) is 3.91. The number of nitrogens with zero attached hydrogens (tertiary/aromatic N) is 2. The van der Waals surface area contributed by atoms with E-state index in [4.69, 9.17) is 30.5 Å². The second kappa shape index (κ2) is 14.7. The summed E-state index contributed by atoms with van der Waals surface area (Å²) in [4.78, 5) is 59.5. The number of hydrogen-bond acceptors (Lipinski definition) is 10. The van der Waals surface area contributed by atoms with Gasteiger partial charge in [0.25, 0.3) is 0 Å². The molecule has 14 nitrogen and oxygen atoms in total. The van der Waals surface area contributed by atoms with Crippen molar-refractivity contribution in [2.24, 2.45) is 17.8 Å². The molecule has 4 aliphatic rings. The molecule has 8 atom stereocenters. The van der Waals surface area contributed by atoms with Gasteiger partial charge in [-0.25, -0.2) is 14.6 Å². The first kappa shape index (κ1) is 36.5. The lowest BCUT2D eigenvalue weighted by Crippen LogP contribution is -2.56. The third-order valence-corrected chi connectivity index (χ3v) is 11.0. The average molecular weight is 728 g/mol. The van der Waals surface area contributed by atoms with Crippen molar-refractivity contribution in [3.63, 3.8) is 0 Å². The first-order valence-corrected chi connectivity index (χ1v) is 17.8. The summed E-state index contributed by atoms with van der Waals surface area (Å²) < 4.78 is 22.8. The molecule has 2 heterocycles. The van der Waals surface area contributed by atoms with Gasteiger partial charge >= 0.3 is 12.1 Å². The third kappa shape index (κ3) is 7.52. The summed E-state index contributed by atoms with van der Waals surface area (Å²) in [5.41, 5.74) is -0.640. The van der Waals surface area contributed by atoms with E-state index >= 15 is 0 Å². The minimum absolute atomic E-state index is 0.0408. The zero-order chi connectivity index (χ0) is 36.6. The van der Waals surface area contributed by atoms with Crippen LogP contribution in [0.5, 0.6) is 11.5 Å². The Labute approximate surface area is 301 Å². The van der Waals surface area contributed by atoms with Crippen molar-refractivity contribution in [3.8, 4) is 11.5 Å². The number of carbonyl (C=O) groups excluding carboxylic acids is 3. The molecule has 1 aromatic heterocycles. The first-order valence-electron chi connectivity index (χ1n) is 17.4. The SMILES string of the molecule is C=C(C)[C@H](NC(=O)O[C@@H]1C[C@@H]2C[C@@H]2C1)C(=O)N1C[C@H](Oc2cc(NCCOC)nc3c(Cl)c(OC)ccc23)C[C@H]1C(=O)N[C@]1(C(=O)O)C[C@H]1CC. The molecule has 15 heteroatoms. The van der Waals surface area contributed by atoms with Gasteiger partial charge in [-0.3, -0.25) is 9.59 Å². The molecule has 1 aromatic carbocycles. The Balaban J connectivity index is 1.27. The summed E-state index contributed by atoms with van der Waals surface area (Å²) >= 11 is 6.68. The van der Waals surface area contributed by atoms with Gasteiger partial charge in [-0.1, -0.05) is 31.5 Å². The molecular weight excluding hydrogens is 682 g/mol. The topological polar surface area (TPSA) is 178 Å². The van der Waals surface area contributed by atoms with Crippen LogP contribution < -0.4 is 25.4 Å². The van der Waals surface area contributed by atoms with Crippen molar-refractivity contribution < 1.29 is 43.2 Å². The summed E-state index contributed by atoms with van der Waals surface area (Å²) in [6, 6.07) is 2.87. The van der Waals surface area contributed by atoms with Gasteiger partial charge in [0.2, 0.25) is 11.8 Å². The van der Waals surface area contributed by atoms with E-state index < -0.39 is 47.6 Å². The monoisotopic (exact) mass is 727 g/mol. The molecule has 3 aliphatic carbocycles. The number of likely N-dealkylation sites (tertiary alicyclic amines) is 1. The highest BCUT2D eigenvalue weighted by Crippen LogP contribution is 2.52. The molecule has 0 unspecified atom stereocenters. The maximum absolute atomic E-state index is 14.3. The van der Waals surface area contributed by atoms with Crippen molar-refractivity contribution in [1.82, 2.24) is 20.5 Å². The smallest absolute Gasteiger partial charge is 0.408 e. The van der Waals surface area contributed by atoms with E-state index in [0.29, 0.717) is 71.6 Å². The van der Waals surface area contributed by atoms with Crippen LogP contribution in [0.1, 0.15) is 52.4 Å². The Morgan fingerprint density at radius 2 is 1.86 bits per heavy atom. The number of carboxylic acids is 1. The molecule has 0 spiro atoms. The number of halogens is 1. The molecule has 276 valence electrons. The van der Waals surface area contributed by atoms with Crippen molar-refractivity contribution in [3.05, 3.63) is 35.4 Å². The van der Waals surface area contributed by atoms with Gasteiger partial charge in [-0.2, -0.15) is 0 Å². The van der Waals surface area contributed by atoms with E-state index in [-0.39, 0.29) is 30.0 Å². The number of amides is 3. The van der Waals surface area contributed by atoms with E-state index in [1.54, 1.807) is 32.2 Å². The fourth-order valence-electron chi connectivity index (χ4n) is 7.60. The first-order chi connectivity index (χ1) is 24.4. The minimum Gasteiger partial charge on any atom is -0.495 e. The number of rotatable bonds is 15. The second-order valence-electron chi connectivity index (χ2n) is 14.1. The van der Waals surface area contributed by atoms with Crippen molar-refractivity contribution in [2.45, 2.75) is 82.2 Å². The number of carbonyl (C=O) groups is 4. The van der Waals surface area contributed by atoms with Crippen LogP contribution in [0.4, 0.5) is 10.6 Å². The lowest BCUT2D eigenvalue weighted by Gasteiger charge is -2.29. The van der Waals surface area contributed by atoms with Gasteiger partial charge < -0.3 is 44.9 Å². The molecule has 2 aromatic rings. The molecule has 0 bridgehead atoms. The van der Waals surface area contributed by atoms with Gasteiger partial charge in [0, 0.05) is 31.5 Å². The number of alkyl carbamates (subject to hydrolysis) is 1. The Bertz CT molecular complexity index is 1710. The van der Waals surface area contributed by atoms with Gasteiger partial charge in [0.05, 0.1) is 25.8 Å². The number of carboxylic acid groups (broad SMARTS) is 1. The zero-order valence-electron chi connectivity index (χ0n) is 29.3. The van der Waals surface area contributed by atoms with E-state index in [9.17, 15) is 24.3 Å². The lowest BCUT2D eigenvalue weighted by atomic mass is 10.1. The number of pyridine rings is 1. The number of methoxy groups -OCH3 is 2. The van der Waals surface area contributed by atoms with Gasteiger partial charge in [-0.05, 0) is 68.1 Å². The molecule has 6 rings (SSSR count). The second-order valence-corrected chi connectivity index (χ2v) is 14.5. The predicted molar refractivity (Wildman–Crippen MR) is 188 cm³/mol. The van der Waals surface area contributed by atoms with Crippen LogP contribution in [0.2, 0.25) is 5.02 Å². The van der Waals surface area contributed by atoms with E-state index in [2.05, 4.69) is 27.5 Å². The Kier molecular flexibility index (Phi) is 10.5. The van der Waals surface area contributed by atoms with Crippen LogP contribution in [0.3, 0.4) is 0 Å². The molecule has 1 aliphatic heterocycles. The predicted octanol–water partition coefficient (Wildman–Crippen LogP) is 4.14. The summed E-state index contributed by atoms with van der Waals surface area (Å²) in [5, 5.41) is 19.5. The number of aromatic nitrogens is 1. The summed E-state index contributed by atoms with van der Waals surface area (Å²) in [6.45, 7) is 8.26. The van der Waals surface area contributed by atoms with Gasteiger partial charge in [-0.15, -0.1) is 0 Å². The highest BCUT2D eigenvalue weighted by molar-refractivity contribution is 6.36. The molecule has 4 N–H and O–H groups in total. The number of fused-ring (bicyclic) bond motifs is 2. The molecule has 1 saturated heterocycles. The third-order valence-electron chi connectivity index (χ3n) is 10.6. The normalized spacial score (nSPS) is 28.0. The number of anilines is 1. The largest absolute Gasteiger partial charge is 0.495 e. The Morgan fingerprint density at radius 1 is 1.12 bits per heavy atom. The highest BCUT2D eigenvalue weighted by atomic mass is 35.5. The lowest BCUT2D eigenvalue weighted by molar-refractivity contribution is -0.145. The van der Waals surface area contributed by atoms with E-state index in [1.165, 1.54) is 18.4 Å². The van der Waals surface area contributed by atoms with Crippen LogP contribution in [-0.2, 0) is 23.9 Å². The maximum atomic E-state index is 14.3. The quantitative estimate of drug-likeness (QED) is 0.153. The van der Waals surface area contributed by atoms with Crippen molar-refractivity contribution in [1.29, 1.82) is 0 Å². The standard InChI is InChI=1S/C36H46ClN5O9/c1-6-21-16-36(21,34(45)46)41-32(43)25-14-23(17-42(25)33(44)30(18(2)3)40-35(47)51-22-12-19-11-20(19)13-22)50-27-15-28(38-9-10-48-4)39-31-24(27)7-8-26(49-5)29(31)37/h7-8,15,19-23,25,30H,2,6,9-14,16-17H2,1,3-5H3,(H,38,39)(H,40,47)(H,41,43)(H,45,46)/t19-,20+,21-,22+,23-,25+,30+,36-/m1/s1. The molecule has 0 radical (unpaired) electrons. The molecular formula is C36H46ClN5O9. The Hall–Kier alpha value is -4.30. The fourth-order valence-corrected chi connectivity index (χ4v) is 7.89. The van der Waals surface area contributed by atoms with Gasteiger partial charge in [0.15, 0.2) is 0 Å². The molecule has 3 amide bonds. The van der Waals surface area contributed by atoms with Crippen LogP contribution in [0, 0.1) is 17.8 Å². The van der Waals surface area contributed by atoms with E-state index in [1.807, 2.05) is 6.92 Å². The van der Waals surface area contributed by atoms with E-state index in [0.717, 1.165) is 12.8 Å². The number of benzene rings is 1. The summed E-state index contributed by atoms with van der Waals surface area (Å²) in [7, 11) is 3.09. The van der Waals surface area contributed by atoms with Crippen LogP contribution in [0.15, 0.2) is 30.4 Å². The number of hydrogen-bond donors (Lipinski definition) is 4. The summed E-state index contributed by atoms with van der Waals surface area (Å²) in [5.74, 6) is -0.0768. The van der Waals surface area contributed by atoms with Crippen molar-refractivity contribution >= 4 is 52.2 Å². The number of aliphatic carboxylic acids is 1. The maximum Gasteiger partial charge on any atom is 0.408 e. The van der Waals surface area contributed by atoms with Gasteiger partial charge in [0.1, 0.15) is 52.2 Å². The zero-order valence-corrected chi connectivity index (χ0v) is 30.1. The minimum atomic E-state index is -1.41. The van der Waals surface area contributed by atoms with Crippen LogP contribution in [-0.4, -0.2) is 103 Å². The number of ether oxygens (including phenoxy) is 4. The van der Waals surface area contributed by atoms with Crippen LogP contribution in [0.25, 0.3) is 10.9 Å². The number of nitrogens with one attached hydrogen (secondary N) is 3. The molecule has 3 saturated carbocycles. The summed E-state index contributed by atoms with van der Waals surface area (Å²) in [6.07, 6.45) is 2.05. The fraction of sp³-hybridized carbons (Fsp3) is 0.583. The van der Waals surface area contributed by atoms with Crippen molar-refractivity contribution in [2.75, 3.05) is 39.2 Å². The molecule has 4 fully saturated rings. The van der Waals surface area contributed by atoms with Crippen LogP contribution >= 0.6 is 11.6 Å².